The first-order valence-corrected chi connectivity index (χ1v) is 6.76. The molecular weight excluding hydrogens is 258 g/mol. The zero-order chi connectivity index (χ0) is 13.7. The molecule has 0 spiro atoms. The summed E-state index contributed by atoms with van der Waals surface area (Å²) in [6.07, 6.45) is 0. The van der Waals surface area contributed by atoms with E-state index in [1.165, 1.54) is 11.3 Å². The molecule has 0 aliphatic heterocycles. The summed E-state index contributed by atoms with van der Waals surface area (Å²) in [5.74, 6) is 1.41. The predicted molar refractivity (Wildman–Crippen MR) is 81.1 cm³/mol. The van der Waals surface area contributed by atoms with Crippen LogP contribution in [-0.4, -0.2) is 14.2 Å². The maximum absolute atomic E-state index is 5.98. The van der Waals surface area contributed by atoms with Crippen LogP contribution in [0.1, 0.15) is 11.1 Å². The number of hydrogen-bond donors (Lipinski definition) is 0. The van der Waals surface area contributed by atoms with Crippen molar-refractivity contribution in [3.63, 3.8) is 0 Å². The van der Waals surface area contributed by atoms with Gasteiger partial charge in [-0.1, -0.05) is 30.3 Å². The maximum atomic E-state index is 5.98. The van der Waals surface area contributed by atoms with E-state index < -0.39 is 0 Å². The average Bonchev–Trinajstić information content (AvgIpc) is 2.47. The minimum atomic E-state index is 0.526. The molecule has 0 N–H and O–H groups in total. The van der Waals surface area contributed by atoms with E-state index in [4.69, 9.17) is 16.3 Å². The third kappa shape index (κ3) is 3.42. The Morgan fingerprint density at radius 1 is 1.11 bits per heavy atom. The van der Waals surface area contributed by atoms with Gasteiger partial charge in [-0.2, -0.15) is 0 Å². The molecule has 19 heavy (non-hydrogen) atoms. The van der Waals surface area contributed by atoms with Crippen molar-refractivity contribution in [2.24, 2.45) is 0 Å². The second-order valence-corrected chi connectivity index (χ2v) is 4.74. The summed E-state index contributed by atoms with van der Waals surface area (Å²) in [4.78, 5) is 2.20. The Morgan fingerprint density at radius 3 is 2.63 bits per heavy atom. The molecule has 0 heterocycles. The van der Waals surface area contributed by atoms with Crippen LogP contribution < -0.4 is 9.64 Å². The molecule has 0 unspecified atom stereocenters. The van der Waals surface area contributed by atoms with E-state index in [1.54, 1.807) is 7.11 Å². The Kier molecular flexibility index (Phi) is 4.69. The number of anilines is 1. The van der Waals surface area contributed by atoms with Gasteiger partial charge in [0, 0.05) is 25.2 Å². The van der Waals surface area contributed by atoms with Gasteiger partial charge >= 0.3 is 0 Å². The molecule has 0 saturated heterocycles. The molecule has 0 bridgehead atoms. The highest BCUT2D eigenvalue weighted by atomic mass is 35.5. The van der Waals surface area contributed by atoms with Crippen molar-refractivity contribution in [1.82, 2.24) is 0 Å². The highest BCUT2D eigenvalue weighted by molar-refractivity contribution is 6.17. The monoisotopic (exact) mass is 275 g/mol. The number of rotatable bonds is 5. The predicted octanol–water partition coefficient (Wildman–Crippen LogP) is 4.07. The lowest BCUT2D eigenvalue weighted by Gasteiger charge is -2.22. The van der Waals surface area contributed by atoms with Crippen molar-refractivity contribution in [2.75, 3.05) is 19.1 Å². The normalized spacial score (nSPS) is 10.3. The lowest BCUT2D eigenvalue weighted by molar-refractivity contribution is 0.414. The Labute approximate surface area is 119 Å². The SMILES string of the molecule is COc1cccc(CN(C)c2ccccc2CCl)c1. The molecule has 0 radical (unpaired) electrons. The smallest absolute Gasteiger partial charge is 0.119 e. The first-order chi connectivity index (χ1) is 9.24. The van der Waals surface area contributed by atoms with Gasteiger partial charge in [-0.3, -0.25) is 0 Å². The van der Waals surface area contributed by atoms with E-state index in [2.05, 4.69) is 36.2 Å². The summed E-state index contributed by atoms with van der Waals surface area (Å²) in [7, 11) is 3.76. The summed E-state index contributed by atoms with van der Waals surface area (Å²) in [6, 6.07) is 16.3. The fraction of sp³-hybridized carbons (Fsp3) is 0.250. The highest BCUT2D eigenvalue weighted by Gasteiger charge is 2.07. The maximum Gasteiger partial charge on any atom is 0.119 e. The minimum absolute atomic E-state index is 0.526. The van der Waals surface area contributed by atoms with Crippen LogP contribution in [0.3, 0.4) is 0 Å². The van der Waals surface area contributed by atoms with Gasteiger partial charge in [0.25, 0.3) is 0 Å². The first kappa shape index (κ1) is 13.8. The standard InChI is InChI=1S/C16H18ClNO/c1-18(16-9-4-3-7-14(16)11-17)12-13-6-5-8-15(10-13)19-2/h3-10H,11-12H2,1-2H3. The molecule has 0 fully saturated rings. The summed E-state index contributed by atoms with van der Waals surface area (Å²) < 4.78 is 5.25. The van der Waals surface area contributed by atoms with Crippen molar-refractivity contribution in [2.45, 2.75) is 12.4 Å². The summed E-state index contributed by atoms with van der Waals surface area (Å²) in [5, 5.41) is 0. The molecule has 0 amide bonds. The molecule has 100 valence electrons. The van der Waals surface area contributed by atoms with Gasteiger partial charge in [-0.25, -0.2) is 0 Å². The van der Waals surface area contributed by atoms with Crippen LogP contribution in [0, 0.1) is 0 Å². The molecule has 2 aromatic rings. The number of nitrogens with zero attached hydrogens (tertiary/aromatic N) is 1. The zero-order valence-electron chi connectivity index (χ0n) is 11.3. The summed E-state index contributed by atoms with van der Waals surface area (Å²) in [6.45, 7) is 0.825. The third-order valence-corrected chi connectivity index (χ3v) is 3.39. The van der Waals surface area contributed by atoms with Crippen molar-refractivity contribution in [1.29, 1.82) is 0 Å². The van der Waals surface area contributed by atoms with Crippen LogP contribution in [0.5, 0.6) is 5.75 Å². The summed E-state index contributed by atoms with van der Waals surface area (Å²) >= 11 is 5.98. The molecule has 2 nitrogen and oxygen atoms in total. The number of benzene rings is 2. The minimum Gasteiger partial charge on any atom is -0.497 e. The van der Waals surface area contributed by atoms with Gasteiger partial charge in [-0.05, 0) is 29.3 Å². The molecule has 0 aliphatic rings. The second-order valence-electron chi connectivity index (χ2n) is 4.47. The largest absolute Gasteiger partial charge is 0.497 e. The van der Waals surface area contributed by atoms with Gasteiger partial charge in [0.2, 0.25) is 0 Å². The molecule has 0 saturated carbocycles. The lowest BCUT2D eigenvalue weighted by atomic mass is 10.1. The third-order valence-electron chi connectivity index (χ3n) is 3.10. The van der Waals surface area contributed by atoms with Crippen molar-refractivity contribution >= 4 is 17.3 Å². The fourth-order valence-electron chi connectivity index (χ4n) is 2.13. The topological polar surface area (TPSA) is 12.5 Å². The van der Waals surface area contributed by atoms with Gasteiger partial charge in [0.1, 0.15) is 5.75 Å². The van der Waals surface area contributed by atoms with Crippen LogP contribution in [0.4, 0.5) is 5.69 Å². The zero-order valence-corrected chi connectivity index (χ0v) is 12.0. The Morgan fingerprint density at radius 2 is 1.89 bits per heavy atom. The van der Waals surface area contributed by atoms with Crippen LogP contribution in [-0.2, 0) is 12.4 Å². The molecular formula is C16H18ClNO. The fourth-order valence-corrected chi connectivity index (χ4v) is 2.35. The van der Waals surface area contributed by atoms with E-state index in [1.807, 2.05) is 24.3 Å². The number of hydrogen-bond acceptors (Lipinski definition) is 2. The van der Waals surface area contributed by atoms with Crippen LogP contribution in [0.15, 0.2) is 48.5 Å². The number of methoxy groups -OCH3 is 1. The van der Waals surface area contributed by atoms with Gasteiger partial charge in [0.05, 0.1) is 7.11 Å². The Balaban J connectivity index is 2.18. The molecule has 2 aromatic carbocycles. The molecule has 3 heteroatoms. The van der Waals surface area contributed by atoms with Crippen LogP contribution in [0.2, 0.25) is 0 Å². The number of ether oxygens (including phenoxy) is 1. The lowest BCUT2D eigenvalue weighted by Crippen LogP contribution is -2.17. The van der Waals surface area contributed by atoms with Gasteiger partial charge in [0.15, 0.2) is 0 Å². The van der Waals surface area contributed by atoms with Crippen LogP contribution in [0.25, 0.3) is 0 Å². The van der Waals surface area contributed by atoms with Crippen molar-refractivity contribution < 1.29 is 4.74 Å². The molecule has 0 aliphatic carbocycles. The van der Waals surface area contributed by atoms with Crippen molar-refractivity contribution in [3.05, 3.63) is 59.7 Å². The first-order valence-electron chi connectivity index (χ1n) is 6.22. The second kappa shape index (κ2) is 6.48. The van der Waals surface area contributed by atoms with Crippen molar-refractivity contribution in [3.8, 4) is 5.75 Å². The number of alkyl halides is 1. The van der Waals surface area contributed by atoms with E-state index in [0.29, 0.717) is 5.88 Å². The summed E-state index contributed by atoms with van der Waals surface area (Å²) in [5.41, 5.74) is 3.53. The van der Waals surface area contributed by atoms with E-state index >= 15 is 0 Å². The Bertz CT molecular complexity index is 542. The Hall–Kier alpha value is -1.67. The van der Waals surface area contributed by atoms with Gasteiger partial charge in [-0.15, -0.1) is 11.6 Å². The molecule has 0 atom stereocenters. The molecule has 2 rings (SSSR count). The quantitative estimate of drug-likeness (QED) is 0.763. The number of halogens is 1. The van der Waals surface area contributed by atoms with E-state index in [-0.39, 0.29) is 0 Å². The average molecular weight is 276 g/mol. The van der Waals surface area contributed by atoms with E-state index in [0.717, 1.165) is 17.9 Å². The highest BCUT2D eigenvalue weighted by Crippen LogP contribution is 2.23. The number of para-hydroxylation sites is 1. The molecule has 0 aromatic heterocycles. The van der Waals surface area contributed by atoms with E-state index in [9.17, 15) is 0 Å². The van der Waals surface area contributed by atoms with Gasteiger partial charge < -0.3 is 9.64 Å². The van der Waals surface area contributed by atoms with Crippen LogP contribution >= 0.6 is 11.6 Å².